The van der Waals surface area contributed by atoms with Crippen molar-refractivity contribution in [2.75, 3.05) is 13.7 Å². The van der Waals surface area contributed by atoms with E-state index in [9.17, 15) is 9.59 Å². The van der Waals surface area contributed by atoms with E-state index in [1.54, 1.807) is 25.6 Å². The highest BCUT2D eigenvalue weighted by molar-refractivity contribution is 5.97. The summed E-state index contributed by atoms with van der Waals surface area (Å²) < 4.78 is 7.38. The highest BCUT2D eigenvalue weighted by Gasteiger charge is 2.52. The lowest BCUT2D eigenvalue weighted by Gasteiger charge is -2.37. The normalized spacial score (nSPS) is 23.2. The van der Waals surface area contributed by atoms with Gasteiger partial charge in [0.15, 0.2) is 0 Å². The van der Waals surface area contributed by atoms with Gasteiger partial charge in [-0.25, -0.2) is 0 Å². The van der Waals surface area contributed by atoms with Crippen molar-refractivity contribution >= 4 is 11.8 Å². The number of carbonyl (C=O) groups excluding carboxylic acids is 2. The second kappa shape index (κ2) is 8.48. The third kappa shape index (κ3) is 3.66. The molecule has 9 heteroatoms. The summed E-state index contributed by atoms with van der Waals surface area (Å²) >= 11 is 0. The number of hydrogen-bond acceptors (Lipinski definition) is 6. The predicted molar refractivity (Wildman–Crippen MR) is 127 cm³/mol. The molecule has 3 aliphatic rings. The molecule has 1 aromatic carbocycles. The lowest BCUT2D eigenvalue weighted by molar-refractivity contribution is 0.0684. The first-order valence-corrected chi connectivity index (χ1v) is 12.2. The number of aryl methyl sites for hydroxylation is 1. The maximum atomic E-state index is 13.9. The number of benzene rings is 1. The molecule has 4 heterocycles. The fraction of sp³-hybridized carbons (Fsp3) is 0.423. The Kier molecular flexibility index (Phi) is 5.27. The number of rotatable bonds is 5. The number of aromatic nitrogens is 4. The minimum atomic E-state index is -0.248. The van der Waals surface area contributed by atoms with Crippen molar-refractivity contribution in [3.63, 3.8) is 0 Å². The van der Waals surface area contributed by atoms with Crippen LogP contribution in [0.3, 0.4) is 0 Å². The van der Waals surface area contributed by atoms with Crippen LogP contribution in [-0.4, -0.2) is 62.2 Å². The van der Waals surface area contributed by atoms with Gasteiger partial charge in [-0.1, -0.05) is 30.3 Å². The Morgan fingerprint density at radius 2 is 1.94 bits per heavy atom. The van der Waals surface area contributed by atoms with Crippen molar-refractivity contribution in [1.29, 1.82) is 0 Å². The number of hydrogen-bond donors (Lipinski definition) is 1. The molecule has 2 amide bonds. The average Bonchev–Trinajstić information content (AvgIpc) is 3.55. The number of carbonyl (C=O) groups is 2. The van der Waals surface area contributed by atoms with Gasteiger partial charge in [-0.15, -0.1) is 10.2 Å². The van der Waals surface area contributed by atoms with Crippen LogP contribution in [0.5, 0.6) is 5.75 Å². The zero-order valence-corrected chi connectivity index (χ0v) is 19.7. The van der Waals surface area contributed by atoms with Crippen LogP contribution >= 0.6 is 0 Å². The Hall–Kier alpha value is -3.75. The van der Waals surface area contributed by atoms with Gasteiger partial charge in [0.05, 0.1) is 24.9 Å². The third-order valence-corrected chi connectivity index (χ3v) is 7.75. The molecular weight excluding hydrogens is 444 g/mol. The standard InChI is InChI=1S/C26H28N6O3/c1-35-20-15-27-13-10-19(20)25(34)31-14-12-26(17-5-3-2-4-6-17)11-9-22-29-30-23(32(22)16-21(26)31)24(33)28-18-7-8-18/h2-6,10,13,15,18,21H,7-9,11-12,14,16H2,1H3,(H,28,33)/t21-,26-/m0/s1. The number of nitrogens with one attached hydrogen (secondary N) is 1. The molecule has 6 rings (SSSR count). The predicted octanol–water partition coefficient (Wildman–Crippen LogP) is 2.37. The third-order valence-electron chi connectivity index (χ3n) is 7.75. The molecule has 9 nitrogen and oxygen atoms in total. The van der Waals surface area contributed by atoms with Crippen LogP contribution in [-0.2, 0) is 18.4 Å². The van der Waals surface area contributed by atoms with E-state index < -0.39 is 0 Å². The van der Waals surface area contributed by atoms with Crippen LogP contribution in [0.2, 0.25) is 0 Å². The molecule has 1 aliphatic carbocycles. The molecule has 1 saturated carbocycles. The molecule has 2 aromatic heterocycles. The maximum Gasteiger partial charge on any atom is 0.289 e. The van der Waals surface area contributed by atoms with E-state index in [2.05, 4.69) is 44.8 Å². The fourth-order valence-corrected chi connectivity index (χ4v) is 5.74. The molecule has 180 valence electrons. The smallest absolute Gasteiger partial charge is 0.289 e. The molecule has 0 unspecified atom stereocenters. The van der Waals surface area contributed by atoms with Crippen LogP contribution < -0.4 is 10.1 Å². The number of methoxy groups -OCH3 is 1. The number of nitrogens with zero attached hydrogens (tertiary/aromatic N) is 5. The molecule has 0 bridgehead atoms. The van der Waals surface area contributed by atoms with E-state index in [1.807, 2.05) is 15.5 Å². The molecule has 2 aliphatic heterocycles. The summed E-state index contributed by atoms with van der Waals surface area (Å²) in [5, 5.41) is 11.7. The highest BCUT2D eigenvalue weighted by atomic mass is 16.5. The first kappa shape index (κ1) is 21.8. The van der Waals surface area contributed by atoms with Crippen molar-refractivity contribution < 1.29 is 14.3 Å². The molecular formula is C26H28N6O3. The SMILES string of the molecule is COc1cnccc1C(=O)N1CC[C@]2(c3ccccc3)CCc3nnc(C(=O)NC4CC4)n3C[C@H]12. The van der Waals surface area contributed by atoms with Crippen LogP contribution in [0.15, 0.2) is 48.8 Å². The van der Waals surface area contributed by atoms with Crippen LogP contribution in [0.4, 0.5) is 0 Å². The van der Waals surface area contributed by atoms with E-state index in [0.717, 1.165) is 31.5 Å². The van der Waals surface area contributed by atoms with Gasteiger partial charge in [0.25, 0.3) is 11.8 Å². The van der Waals surface area contributed by atoms with Gasteiger partial charge >= 0.3 is 0 Å². The second-order valence-corrected chi connectivity index (χ2v) is 9.66. The Balaban J connectivity index is 1.42. The summed E-state index contributed by atoms with van der Waals surface area (Å²) in [6.07, 6.45) is 7.53. The highest BCUT2D eigenvalue weighted by Crippen LogP contribution is 2.46. The van der Waals surface area contributed by atoms with Gasteiger partial charge in [0.2, 0.25) is 5.82 Å². The molecule has 0 radical (unpaired) electrons. The zero-order chi connectivity index (χ0) is 24.0. The number of ether oxygens (including phenoxy) is 1. The first-order chi connectivity index (χ1) is 17.1. The molecule has 35 heavy (non-hydrogen) atoms. The Labute approximate surface area is 203 Å². The van der Waals surface area contributed by atoms with Crippen LogP contribution in [0, 0.1) is 0 Å². The van der Waals surface area contributed by atoms with E-state index >= 15 is 0 Å². The summed E-state index contributed by atoms with van der Waals surface area (Å²) in [7, 11) is 1.55. The van der Waals surface area contributed by atoms with Gasteiger partial charge in [-0.05, 0) is 37.3 Å². The van der Waals surface area contributed by atoms with E-state index in [4.69, 9.17) is 4.74 Å². The van der Waals surface area contributed by atoms with Gasteiger partial charge in [0, 0.05) is 37.2 Å². The summed E-state index contributed by atoms with van der Waals surface area (Å²) in [6.45, 7) is 1.08. The zero-order valence-electron chi connectivity index (χ0n) is 19.7. The summed E-state index contributed by atoms with van der Waals surface area (Å²) in [4.78, 5) is 32.9. The van der Waals surface area contributed by atoms with E-state index in [1.165, 1.54) is 5.56 Å². The Bertz CT molecular complexity index is 1270. The fourth-order valence-electron chi connectivity index (χ4n) is 5.74. The quantitative estimate of drug-likeness (QED) is 0.612. The Morgan fingerprint density at radius 3 is 2.71 bits per heavy atom. The number of likely N-dealkylation sites (tertiary alicyclic amines) is 1. The lowest BCUT2D eigenvalue weighted by atomic mass is 9.71. The second-order valence-electron chi connectivity index (χ2n) is 9.66. The van der Waals surface area contributed by atoms with Gasteiger partial charge in [-0.2, -0.15) is 0 Å². The molecule has 2 atom stereocenters. The Morgan fingerprint density at radius 1 is 1.11 bits per heavy atom. The monoisotopic (exact) mass is 472 g/mol. The van der Waals surface area contributed by atoms with Gasteiger partial charge in [-0.3, -0.25) is 14.6 Å². The van der Waals surface area contributed by atoms with Crippen molar-refractivity contribution in [2.24, 2.45) is 0 Å². The van der Waals surface area contributed by atoms with Crippen molar-refractivity contribution in [3.8, 4) is 5.75 Å². The maximum absolute atomic E-state index is 13.9. The molecule has 3 aromatic rings. The number of pyridine rings is 1. The molecule has 0 spiro atoms. The summed E-state index contributed by atoms with van der Waals surface area (Å²) in [6, 6.07) is 12.2. The van der Waals surface area contributed by atoms with Crippen molar-refractivity contribution in [1.82, 2.24) is 30.0 Å². The van der Waals surface area contributed by atoms with Crippen LogP contribution in [0.1, 0.15) is 58.0 Å². The van der Waals surface area contributed by atoms with Gasteiger partial charge in [0.1, 0.15) is 11.6 Å². The summed E-state index contributed by atoms with van der Waals surface area (Å²) in [5.74, 6) is 1.30. The van der Waals surface area contributed by atoms with E-state index in [0.29, 0.717) is 36.6 Å². The van der Waals surface area contributed by atoms with Crippen molar-refractivity contribution in [3.05, 3.63) is 71.6 Å². The minimum Gasteiger partial charge on any atom is -0.494 e. The minimum absolute atomic E-state index is 0.0902. The largest absolute Gasteiger partial charge is 0.494 e. The first-order valence-electron chi connectivity index (χ1n) is 12.2. The molecule has 1 N–H and O–H groups in total. The molecule has 2 fully saturated rings. The summed E-state index contributed by atoms with van der Waals surface area (Å²) in [5.41, 5.74) is 1.46. The van der Waals surface area contributed by atoms with Crippen LogP contribution in [0.25, 0.3) is 0 Å². The lowest BCUT2D eigenvalue weighted by Crippen LogP contribution is -2.47. The average molecular weight is 473 g/mol. The topological polar surface area (TPSA) is 102 Å². The van der Waals surface area contributed by atoms with E-state index in [-0.39, 0.29) is 29.3 Å². The van der Waals surface area contributed by atoms with Gasteiger partial charge < -0.3 is 19.5 Å². The number of amides is 2. The van der Waals surface area contributed by atoms with Crippen molar-refractivity contribution in [2.45, 2.75) is 56.1 Å². The molecule has 1 saturated heterocycles. The number of fused-ring (bicyclic) bond motifs is 2.